The summed E-state index contributed by atoms with van der Waals surface area (Å²) < 4.78 is 29.9. The largest absolute Gasteiger partial charge is 0.338 e. The van der Waals surface area contributed by atoms with Crippen LogP contribution in [0.5, 0.6) is 0 Å². The van der Waals surface area contributed by atoms with Gasteiger partial charge in [0, 0.05) is 35.3 Å². The average molecular weight is 371 g/mol. The van der Waals surface area contributed by atoms with Crippen LogP contribution in [0.2, 0.25) is 0 Å². The van der Waals surface area contributed by atoms with E-state index in [1.807, 2.05) is 0 Å². The van der Waals surface area contributed by atoms with E-state index in [2.05, 4.69) is 34.5 Å². The lowest BCUT2D eigenvalue weighted by Gasteiger charge is -2.28. The summed E-state index contributed by atoms with van der Waals surface area (Å²) in [5, 5.41) is 7.37. The van der Waals surface area contributed by atoms with E-state index < -0.39 is 10.0 Å². The van der Waals surface area contributed by atoms with Crippen molar-refractivity contribution in [2.24, 2.45) is 0 Å². The number of aryl methyl sites for hydroxylation is 1. The van der Waals surface area contributed by atoms with Crippen LogP contribution in [0.25, 0.3) is 0 Å². The molecule has 0 aromatic carbocycles. The molecule has 3 heterocycles. The van der Waals surface area contributed by atoms with Gasteiger partial charge in [-0.2, -0.15) is 4.98 Å². The number of piperidine rings is 1. The molecule has 1 saturated heterocycles. The first-order chi connectivity index (χ1) is 11.4. The Hall–Kier alpha value is -1.29. The predicted molar refractivity (Wildman–Crippen MR) is 92.3 cm³/mol. The van der Waals surface area contributed by atoms with Crippen LogP contribution in [-0.4, -0.2) is 42.2 Å². The van der Waals surface area contributed by atoms with E-state index in [0.29, 0.717) is 31.3 Å². The van der Waals surface area contributed by atoms with Crippen molar-refractivity contribution in [2.75, 3.05) is 19.3 Å². The molecule has 24 heavy (non-hydrogen) atoms. The van der Waals surface area contributed by atoms with Gasteiger partial charge in [0.2, 0.25) is 15.9 Å². The number of aromatic nitrogens is 2. The third-order valence-electron chi connectivity index (χ3n) is 4.14. The van der Waals surface area contributed by atoms with Crippen molar-refractivity contribution in [1.82, 2.24) is 19.8 Å². The second kappa shape index (κ2) is 7.30. The fourth-order valence-corrected chi connectivity index (χ4v) is 4.56. The summed E-state index contributed by atoms with van der Waals surface area (Å²) in [5.41, 5.74) is 0. The number of nitrogens with zero attached hydrogens (tertiary/aromatic N) is 3. The van der Waals surface area contributed by atoms with Crippen molar-refractivity contribution in [3.8, 4) is 0 Å². The van der Waals surface area contributed by atoms with Crippen molar-refractivity contribution >= 4 is 21.4 Å². The summed E-state index contributed by atoms with van der Waals surface area (Å²) in [4.78, 5) is 7.03. The van der Waals surface area contributed by atoms with Gasteiger partial charge in [-0.3, -0.25) is 0 Å². The first kappa shape index (κ1) is 17.5. The van der Waals surface area contributed by atoms with E-state index in [4.69, 9.17) is 4.52 Å². The molecule has 3 rings (SSSR count). The maximum absolute atomic E-state index is 11.5. The fourth-order valence-electron chi connectivity index (χ4n) is 2.82. The standard InChI is InChI=1S/C15H22N4O3S2/c1-11-3-4-13(23-11)9-16-10-14-17-15(18-22-14)12-5-7-19(8-6-12)24(2,20)21/h3-4,12,16H,5-10H2,1-2H3. The summed E-state index contributed by atoms with van der Waals surface area (Å²) in [5.74, 6) is 1.43. The molecule has 0 atom stereocenters. The summed E-state index contributed by atoms with van der Waals surface area (Å²) in [7, 11) is -3.10. The molecule has 132 valence electrons. The Bertz CT molecular complexity index is 776. The molecule has 1 aliphatic heterocycles. The van der Waals surface area contributed by atoms with Gasteiger partial charge in [-0.15, -0.1) is 11.3 Å². The SMILES string of the molecule is Cc1ccc(CNCc2nc(C3CCN(S(C)(=O)=O)CC3)no2)s1. The van der Waals surface area contributed by atoms with Gasteiger partial charge in [0.25, 0.3) is 0 Å². The van der Waals surface area contributed by atoms with Crippen molar-refractivity contribution in [3.63, 3.8) is 0 Å². The van der Waals surface area contributed by atoms with Crippen molar-refractivity contribution in [3.05, 3.63) is 33.6 Å². The smallest absolute Gasteiger partial charge is 0.240 e. The maximum Gasteiger partial charge on any atom is 0.240 e. The average Bonchev–Trinajstić information content (AvgIpc) is 3.16. The van der Waals surface area contributed by atoms with Gasteiger partial charge >= 0.3 is 0 Å². The maximum atomic E-state index is 11.5. The summed E-state index contributed by atoms with van der Waals surface area (Å²) in [6.45, 7) is 4.44. The highest BCUT2D eigenvalue weighted by molar-refractivity contribution is 7.88. The summed E-state index contributed by atoms with van der Waals surface area (Å²) in [6.07, 6.45) is 2.71. The third-order valence-corrected chi connectivity index (χ3v) is 6.45. The lowest BCUT2D eigenvalue weighted by atomic mass is 9.98. The molecule has 2 aromatic heterocycles. The number of hydrogen-bond donors (Lipinski definition) is 1. The molecule has 0 unspecified atom stereocenters. The quantitative estimate of drug-likeness (QED) is 0.835. The minimum absolute atomic E-state index is 0.167. The highest BCUT2D eigenvalue weighted by Crippen LogP contribution is 2.27. The lowest BCUT2D eigenvalue weighted by molar-refractivity contribution is 0.306. The Kier molecular flexibility index (Phi) is 5.33. The molecule has 1 N–H and O–H groups in total. The first-order valence-corrected chi connectivity index (χ1v) is 10.6. The number of nitrogens with one attached hydrogen (secondary N) is 1. The third kappa shape index (κ3) is 4.41. The molecular weight excluding hydrogens is 348 g/mol. The van der Waals surface area contributed by atoms with Crippen LogP contribution >= 0.6 is 11.3 Å². The van der Waals surface area contributed by atoms with E-state index in [9.17, 15) is 8.42 Å². The number of thiophene rings is 1. The molecule has 0 saturated carbocycles. The van der Waals surface area contributed by atoms with E-state index in [1.165, 1.54) is 20.3 Å². The fraction of sp³-hybridized carbons (Fsp3) is 0.600. The van der Waals surface area contributed by atoms with Crippen molar-refractivity contribution in [2.45, 2.75) is 38.8 Å². The molecule has 0 aliphatic carbocycles. The Morgan fingerprint density at radius 3 is 2.71 bits per heavy atom. The van der Waals surface area contributed by atoms with Gasteiger partial charge in [-0.25, -0.2) is 12.7 Å². The molecule has 1 fully saturated rings. The lowest BCUT2D eigenvalue weighted by Crippen LogP contribution is -2.37. The Balaban J connectivity index is 1.49. The summed E-state index contributed by atoms with van der Waals surface area (Å²) in [6, 6.07) is 4.22. The molecule has 1 aliphatic rings. The minimum atomic E-state index is -3.10. The molecule has 7 nitrogen and oxygen atoms in total. The van der Waals surface area contributed by atoms with Gasteiger partial charge in [0.15, 0.2) is 5.82 Å². The van der Waals surface area contributed by atoms with E-state index >= 15 is 0 Å². The van der Waals surface area contributed by atoms with E-state index in [1.54, 1.807) is 11.3 Å². The highest BCUT2D eigenvalue weighted by atomic mass is 32.2. The van der Waals surface area contributed by atoms with Gasteiger partial charge in [0.05, 0.1) is 12.8 Å². The van der Waals surface area contributed by atoms with Gasteiger partial charge in [0.1, 0.15) is 0 Å². The van der Waals surface area contributed by atoms with Crippen LogP contribution in [0.15, 0.2) is 16.7 Å². The van der Waals surface area contributed by atoms with Crippen molar-refractivity contribution < 1.29 is 12.9 Å². The first-order valence-electron chi connectivity index (χ1n) is 7.95. The van der Waals surface area contributed by atoms with Crippen LogP contribution in [0.1, 0.15) is 40.2 Å². The van der Waals surface area contributed by atoms with Crippen LogP contribution < -0.4 is 5.32 Å². The zero-order valence-electron chi connectivity index (χ0n) is 13.9. The molecule has 0 spiro atoms. The Morgan fingerprint density at radius 2 is 2.08 bits per heavy atom. The molecule has 9 heteroatoms. The second-order valence-corrected chi connectivity index (χ2v) is 9.45. The van der Waals surface area contributed by atoms with Gasteiger partial charge < -0.3 is 9.84 Å². The van der Waals surface area contributed by atoms with Crippen LogP contribution in [0.4, 0.5) is 0 Å². The molecule has 0 bridgehead atoms. The minimum Gasteiger partial charge on any atom is -0.338 e. The predicted octanol–water partition coefficient (Wildman–Crippen LogP) is 1.87. The van der Waals surface area contributed by atoms with Gasteiger partial charge in [-0.05, 0) is 31.9 Å². The molecule has 2 aromatic rings. The van der Waals surface area contributed by atoms with Crippen LogP contribution in [-0.2, 0) is 23.1 Å². The Morgan fingerprint density at radius 1 is 1.33 bits per heavy atom. The second-order valence-electron chi connectivity index (χ2n) is 6.10. The van der Waals surface area contributed by atoms with Crippen LogP contribution in [0.3, 0.4) is 0 Å². The van der Waals surface area contributed by atoms with E-state index in [-0.39, 0.29) is 5.92 Å². The van der Waals surface area contributed by atoms with E-state index in [0.717, 1.165) is 19.4 Å². The van der Waals surface area contributed by atoms with Gasteiger partial charge in [-0.1, -0.05) is 5.16 Å². The topological polar surface area (TPSA) is 88.3 Å². The number of sulfonamides is 1. The highest BCUT2D eigenvalue weighted by Gasteiger charge is 2.28. The van der Waals surface area contributed by atoms with Crippen LogP contribution in [0, 0.1) is 6.92 Å². The molecule has 0 radical (unpaired) electrons. The molecule has 0 amide bonds. The summed E-state index contributed by atoms with van der Waals surface area (Å²) >= 11 is 1.77. The zero-order valence-corrected chi connectivity index (χ0v) is 15.5. The van der Waals surface area contributed by atoms with Crippen molar-refractivity contribution in [1.29, 1.82) is 0 Å². The number of hydrogen-bond acceptors (Lipinski definition) is 7. The normalized spacial score (nSPS) is 17.4. The monoisotopic (exact) mass is 370 g/mol. The zero-order chi connectivity index (χ0) is 17.2. The molecular formula is C15H22N4O3S2. The Labute approximate surface area is 146 Å². The number of rotatable bonds is 6.